The summed E-state index contributed by atoms with van der Waals surface area (Å²) in [6.45, 7) is 12.1. The van der Waals surface area contributed by atoms with Crippen molar-refractivity contribution >= 4 is 5.78 Å². The number of phenols is 1. The van der Waals surface area contributed by atoms with E-state index in [9.17, 15) is 9.90 Å². The first-order valence-corrected chi connectivity index (χ1v) is 7.48. The van der Waals surface area contributed by atoms with Gasteiger partial charge in [-0.2, -0.15) is 0 Å². The Hall–Kier alpha value is -2.03. The zero-order valence-electron chi connectivity index (χ0n) is 14.2. The lowest BCUT2D eigenvalue weighted by molar-refractivity contribution is 0.101. The largest absolute Gasteiger partial charge is 0.507 e. The molecule has 22 heavy (non-hydrogen) atoms. The molecule has 3 nitrogen and oxygen atoms in total. The second-order valence-corrected chi connectivity index (χ2v) is 7.73. The summed E-state index contributed by atoms with van der Waals surface area (Å²) < 4.78 is 5.22. The van der Waals surface area contributed by atoms with Crippen LogP contribution in [0, 0.1) is 0 Å². The Morgan fingerprint density at radius 2 is 1.50 bits per heavy atom. The Labute approximate surface area is 132 Å². The fourth-order valence-corrected chi connectivity index (χ4v) is 2.46. The maximum Gasteiger partial charge on any atom is 0.228 e. The van der Waals surface area contributed by atoms with Gasteiger partial charge in [-0.05, 0) is 35.1 Å². The third kappa shape index (κ3) is 3.08. The molecule has 0 radical (unpaired) electrons. The quantitative estimate of drug-likeness (QED) is 0.810. The lowest BCUT2D eigenvalue weighted by atomic mass is 9.78. The summed E-state index contributed by atoms with van der Waals surface area (Å²) in [4.78, 5) is 12.6. The van der Waals surface area contributed by atoms with Gasteiger partial charge in [-0.3, -0.25) is 4.79 Å². The lowest BCUT2D eigenvalue weighted by Crippen LogP contribution is -2.19. The molecule has 0 saturated carbocycles. The zero-order chi connectivity index (χ0) is 16.7. The molecule has 1 heterocycles. The van der Waals surface area contributed by atoms with E-state index in [1.54, 1.807) is 24.3 Å². The van der Waals surface area contributed by atoms with Gasteiger partial charge >= 0.3 is 0 Å². The Kier molecular flexibility index (Phi) is 3.94. The number of carbonyl (C=O) groups is 1. The van der Waals surface area contributed by atoms with Crippen LogP contribution in [0.5, 0.6) is 5.75 Å². The molecular weight excluding hydrogens is 276 g/mol. The van der Waals surface area contributed by atoms with E-state index in [4.69, 9.17) is 4.42 Å². The molecule has 118 valence electrons. The average molecular weight is 300 g/mol. The van der Waals surface area contributed by atoms with Crippen molar-refractivity contribution in [1.29, 1.82) is 0 Å². The van der Waals surface area contributed by atoms with Gasteiger partial charge in [0.1, 0.15) is 5.75 Å². The van der Waals surface area contributed by atoms with Crippen molar-refractivity contribution in [2.24, 2.45) is 0 Å². The van der Waals surface area contributed by atoms with E-state index in [0.717, 1.165) is 11.1 Å². The molecule has 0 amide bonds. The van der Waals surface area contributed by atoms with Gasteiger partial charge < -0.3 is 9.52 Å². The summed E-state index contributed by atoms with van der Waals surface area (Å²) in [5, 5.41) is 10.7. The van der Waals surface area contributed by atoms with Crippen molar-refractivity contribution in [2.45, 2.75) is 52.4 Å². The third-order valence-electron chi connectivity index (χ3n) is 3.73. The third-order valence-corrected chi connectivity index (χ3v) is 3.73. The van der Waals surface area contributed by atoms with Gasteiger partial charge in [0.15, 0.2) is 5.76 Å². The highest BCUT2D eigenvalue weighted by Crippen LogP contribution is 2.40. The van der Waals surface area contributed by atoms with Crippen molar-refractivity contribution in [3.63, 3.8) is 0 Å². The van der Waals surface area contributed by atoms with Crippen molar-refractivity contribution < 1.29 is 14.3 Å². The van der Waals surface area contributed by atoms with Crippen LogP contribution in [0.15, 0.2) is 34.9 Å². The van der Waals surface area contributed by atoms with E-state index >= 15 is 0 Å². The van der Waals surface area contributed by atoms with Crippen LogP contribution >= 0.6 is 0 Å². The average Bonchev–Trinajstić information content (AvgIpc) is 2.89. The maximum atomic E-state index is 12.6. The highest BCUT2D eigenvalue weighted by molar-refractivity contribution is 6.07. The fourth-order valence-electron chi connectivity index (χ4n) is 2.46. The fraction of sp³-hybridized carbons (Fsp3) is 0.421. The van der Waals surface area contributed by atoms with Crippen LogP contribution in [0.2, 0.25) is 0 Å². The van der Waals surface area contributed by atoms with Gasteiger partial charge in [0.2, 0.25) is 5.78 Å². The van der Waals surface area contributed by atoms with E-state index in [-0.39, 0.29) is 22.4 Å². The standard InChI is InChI=1S/C19H24O3/c1-18(2,3)13-10-12(16(20)15-8-7-9-22-15)11-14(17(13)21)19(4,5)6/h7-11,21H,1-6H3. The van der Waals surface area contributed by atoms with Crippen molar-refractivity contribution in [1.82, 2.24) is 0 Å². The SMILES string of the molecule is CC(C)(C)c1cc(C(=O)c2ccco2)cc(C(C)(C)C)c1O. The second kappa shape index (κ2) is 5.31. The molecule has 0 spiro atoms. The first-order valence-electron chi connectivity index (χ1n) is 7.48. The van der Waals surface area contributed by atoms with E-state index in [1.807, 2.05) is 41.5 Å². The van der Waals surface area contributed by atoms with Gasteiger partial charge in [-0.1, -0.05) is 41.5 Å². The molecule has 0 bridgehead atoms. The molecular formula is C19H24O3. The number of hydrogen-bond acceptors (Lipinski definition) is 3. The van der Waals surface area contributed by atoms with Crippen LogP contribution < -0.4 is 0 Å². The monoisotopic (exact) mass is 300 g/mol. The summed E-state index contributed by atoms with van der Waals surface area (Å²) in [6.07, 6.45) is 1.49. The minimum absolute atomic E-state index is 0.166. The summed E-state index contributed by atoms with van der Waals surface area (Å²) in [7, 11) is 0. The number of carbonyl (C=O) groups excluding carboxylic acids is 1. The molecule has 0 aliphatic rings. The zero-order valence-corrected chi connectivity index (χ0v) is 14.2. The second-order valence-electron chi connectivity index (χ2n) is 7.73. The summed E-state index contributed by atoms with van der Waals surface area (Å²) >= 11 is 0. The van der Waals surface area contributed by atoms with Crippen LogP contribution in [0.1, 0.15) is 68.8 Å². The summed E-state index contributed by atoms with van der Waals surface area (Å²) in [5.41, 5.74) is 1.57. The molecule has 2 rings (SSSR count). The molecule has 1 aromatic carbocycles. The molecule has 3 heteroatoms. The number of benzene rings is 1. The number of aromatic hydroxyl groups is 1. The smallest absolute Gasteiger partial charge is 0.228 e. The number of hydrogen-bond donors (Lipinski definition) is 1. The first-order chi connectivity index (χ1) is 10.0. The van der Waals surface area contributed by atoms with Gasteiger partial charge in [-0.15, -0.1) is 0 Å². The summed E-state index contributed by atoms with van der Waals surface area (Å²) in [5.74, 6) is 0.419. The van der Waals surface area contributed by atoms with Gasteiger partial charge in [0.05, 0.1) is 6.26 Å². The van der Waals surface area contributed by atoms with E-state index in [0.29, 0.717) is 11.3 Å². The molecule has 2 aromatic rings. The minimum atomic E-state index is -0.260. The normalized spacial score (nSPS) is 12.5. The van der Waals surface area contributed by atoms with E-state index in [2.05, 4.69) is 0 Å². The molecule has 0 saturated heterocycles. The number of ketones is 1. The Bertz CT molecular complexity index is 645. The van der Waals surface area contributed by atoms with Crippen LogP contribution in [-0.4, -0.2) is 10.9 Å². The number of furan rings is 1. The minimum Gasteiger partial charge on any atom is -0.507 e. The maximum absolute atomic E-state index is 12.6. The molecule has 0 atom stereocenters. The van der Waals surface area contributed by atoms with Crippen LogP contribution in [0.4, 0.5) is 0 Å². The molecule has 0 aliphatic carbocycles. The molecule has 0 aliphatic heterocycles. The van der Waals surface area contributed by atoms with Gasteiger partial charge in [-0.25, -0.2) is 0 Å². The Morgan fingerprint density at radius 3 is 1.86 bits per heavy atom. The highest BCUT2D eigenvalue weighted by Gasteiger charge is 2.28. The predicted molar refractivity (Wildman–Crippen MR) is 87.6 cm³/mol. The number of phenolic OH excluding ortho intramolecular Hbond substituents is 1. The van der Waals surface area contributed by atoms with Crippen LogP contribution in [0.25, 0.3) is 0 Å². The molecule has 0 fully saturated rings. The Morgan fingerprint density at radius 1 is 1.00 bits per heavy atom. The van der Waals surface area contributed by atoms with Crippen LogP contribution in [-0.2, 0) is 10.8 Å². The van der Waals surface area contributed by atoms with E-state index in [1.165, 1.54) is 6.26 Å². The van der Waals surface area contributed by atoms with Gasteiger partial charge in [0, 0.05) is 16.7 Å². The molecule has 0 unspecified atom stereocenters. The van der Waals surface area contributed by atoms with Crippen LogP contribution in [0.3, 0.4) is 0 Å². The molecule has 1 aromatic heterocycles. The number of rotatable bonds is 2. The van der Waals surface area contributed by atoms with Gasteiger partial charge in [0.25, 0.3) is 0 Å². The Balaban J connectivity index is 2.68. The lowest BCUT2D eigenvalue weighted by Gasteiger charge is -2.28. The van der Waals surface area contributed by atoms with Crippen molar-refractivity contribution in [2.75, 3.05) is 0 Å². The van der Waals surface area contributed by atoms with E-state index < -0.39 is 0 Å². The van der Waals surface area contributed by atoms with Crippen molar-refractivity contribution in [3.05, 3.63) is 53.0 Å². The van der Waals surface area contributed by atoms with Crippen molar-refractivity contribution in [3.8, 4) is 5.75 Å². The topological polar surface area (TPSA) is 50.4 Å². The predicted octanol–water partition coefficient (Wildman–Crippen LogP) is 4.81. The first kappa shape index (κ1) is 16.3. The highest BCUT2D eigenvalue weighted by atomic mass is 16.3. The molecule has 1 N–H and O–H groups in total. The summed E-state index contributed by atoms with van der Waals surface area (Å²) in [6, 6.07) is 6.90.